The Kier molecular flexibility index (Phi) is 3.05. The first-order valence-corrected chi connectivity index (χ1v) is 5.25. The van der Waals surface area contributed by atoms with Crippen molar-refractivity contribution >= 4 is 11.4 Å². The van der Waals surface area contributed by atoms with Crippen molar-refractivity contribution in [1.29, 1.82) is 0 Å². The zero-order valence-electron chi connectivity index (χ0n) is 9.27. The van der Waals surface area contributed by atoms with Gasteiger partial charge in [-0.3, -0.25) is 4.98 Å². The third kappa shape index (κ3) is 2.31. The standard InChI is InChI=1S/C13H15N3/c1-10-4-2-3-5-13(10)16-9-11-8-15-7-6-12(11)14/h2-8,16H,9H2,1H3,(H2,14,15). The van der Waals surface area contributed by atoms with Crippen LogP contribution in [0.15, 0.2) is 42.7 Å². The zero-order valence-corrected chi connectivity index (χ0v) is 9.27. The molecular weight excluding hydrogens is 198 g/mol. The minimum atomic E-state index is 0.699. The van der Waals surface area contributed by atoms with Gasteiger partial charge in [0.1, 0.15) is 0 Å². The minimum absolute atomic E-state index is 0.699. The molecule has 2 aromatic rings. The number of hydrogen-bond acceptors (Lipinski definition) is 3. The molecule has 0 spiro atoms. The van der Waals surface area contributed by atoms with Crippen LogP contribution >= 0.6 is 0 Å². The second-order valence-corrected chi connectivity index (χ2v) is 3.74. The molecule has 1 aromatic heterocycles. The summed E-state index contributed by atoms with van der Waals surface area (Å²) in [5.41, 5.74) is 9.99. The van der Waals surface area contributed by atoms with E-state index in [4.69, 9.17) is 5.73 Å². The van der Waals surface area contributed by atoms with Crippen LogP contribution in [0.3, 0.4) is 0 Å². The van der Waals surface area contributed by atoms with Crippen molar-refractivity contribution in [3.05, 3.63) is 53.9 Å². The van der Waals surface area contributed by atoms with E-state index in [-0.39, 0.29) is 0 Å². The van der Waals surface area contributed by atoms with Gasteiger partial charge in [0.2, 0.25) is 0 Å². The molecular formula is C13H15N3. The molecule has 0 atom stereocenters. The molecule has 0 unspecified atom stereocenters. The first kappa shape index (κ1) is 10.5. The molecule has 0 radical (unpaired) electrons. The first-order chi connectivity index (χ1) is 7.77. The molecule has 0 fully saturated rings. The van der Waals surface area contributed by atoms with Crippen LogP contribution in [0.2, 0.25) is 0 Å². The molecule has 1 aromatic carbocycles. The molecule has 1 heterocycles. The Labute approximate surface area is 95.3 Å². The third-order valence-electron chi connectivity index (χ3n) is 2.56. The first-order valence-electron chi connectivity index (χ1n) is 5.25. The predicted molar refractivity (Wildman–Crippen MR) is 67.2 cm³/mol. The number of nitrogen functional groups attached to an aromatic ring is 1. The van der Waals surface area contributed by atoms with Crippen LogP contribution in [0.1, 0.15) is 11.1 Å². The zero-order chi connectivity index (χ0) is 11.4. The number of aryl methyl sites for hydroxylation is 1. The molecule has 0 saturated carbocycles. The maximum Gasteiger partial charge on any atom is 0.0436 e. The largest absolute Gasteiger partial charge is 0.398 e. The lowest BCUT2D eigenvalue weighted by molar-refractivity contribution is 1.11. The van der Waals surface area contributed by atoms with E-state index in [2.05, 4.69) is 29.4 Å². The predicted octanol–water partition coefficient (Wildman–Crippen LogP) is 2.58. The van der Waals surface area contributed by atoms with E-state index < -0.39 is 0 Å². The van der Waals surface area contributed by atoms with Crippen molar-refractivity contribution in [2.45, 2.75) is 13.5 Å². The molecule has 3 N–H and O–H groups in total. The van der Waals surface area contributed by atoms with Gasteiger partial charge in [0.25, 0.3) is 0 Å². The second-order valence-electron chi connectivity index (χ2n) is 3.74. The Hall–Kier alpha value is -2.03. The summed E-state index contributed by atoms with van der Waals surface area (Å²) in [5.74, 6) is 0. The lowest BCUT2D eigenvalue weighted by atomic mass is 10.2. The Morgan fingerprint density at radius 2 is 2.06 bits per heavy atom. The van der Waals surface area contributed by atoms with Crippen LogP contribution in [-0.4, -0.2) is 4.98 Å². The molecule has 3 heteroatoms. The van der Waals surface area contributed by atoms with Crippen LogP contribution in [0.5, 0.6) is 0 Å². The number of aromatic nitrogens is 1. The summed E-state index contributed by atoms with van der Waals surface area (Å²) >= 11 is 0. The molecule has 0 amide bonds. The normalized spacial score (nSPS) is 10.1. The van der Waals surface area contributed by atoms with Gasteiger partial charge >= 0.3 is 0 Å². The van der Waals surface area contributed by atoms with E-state index in [1.807, 2.05) is 18.2 Å². The van der Waals surface area contributed by atoms with Crippen molar-refractivity contribution in [3.63, 3.8) is 0 Å². The highest BCUT2D eigenvalue weighted by molar-refractivity contribution is 5.52. The van der Waals surface area contributed by atoms with Gasteiger partial charge in [-0.15, -0.1) is 0 Å². The number of para-hydroxylation sites is 1. The second kappa shape index (κ2) is 4.66. The van der Waals surface area contributed by atoms with Gasteiger partial charge < -0.3 is 11.1 Å². The Bertz CT molecular complexity index is 435. The van der Waals surface area contributed by atoms with E-state index in [0.717, 1.165) is 16.9 Å². The quantitative estimate of drug-likeness (QED) is 0.824. The summed E-state index contributed by atoms with van der Waals surface area (Å²) in [6, 6.07) is 9.99. The summed E-state index contributed by atoms with van der Waals surface area (Å²) in [6.45, 7) is 2.78. The number of nitrogens with two attached hydrogens (primary N) is 1. The summed E-state index contributed by atoms with van der Waals surface area (Å²) in [6.07, 6.45) is 3.49. The fourth-order valence-electron chi connectivity index (χ4n) is 1.55. The SMILES string of the molecule is Cc1ccccc1NCc1cnccc1N. The summed E-state index contributed by atoms with van der Waals surface area (Å²) in [4.78, 5) is 4.06. The molecule has 2 rings (SSSR count). The summed E-state index contributed by atoms with van der Waals surface area (Å²) in [7, 11) is 0. The van der Waals surface area contributed by atoms with Crippen LogP contribution < -0.4 is 11.1 Å². The van der Waals surface area contributed by atoms with Crippen LogP contribution in [-0.2, 0) is 6.54 Å². The van der Waals surface area contributed by atoms with Crippen molar-refractivity contribution in [3.8, 4) is 0 Å². The van der Waals surface area contributed by atoms with Crippen molar-refractivity contribution in [2.75, 3.05) is 11.1 Å². The van der Waals surface area contributed by atoms with Crippen LogP contribution in [0.4, 0.5) is 11.4 Å². The monoisotopic (exact) mass is 213 g/mol. The fraction of sp³-hybridized carbons (Fsp3) is 0.154. The maximum absolute atomic E-state index is 5.84. The highest BCUT2D eigenvalue weighted by Gasteiger charge is 1.99. The van der Waals surface area contributed by atoms with Gasteiger partial charge in [-0.2, -0.15) is 0 Å². The third-order valence-corrected chi connectivity index (χ3v) is 2.56. The minimum Gasteiger partial charge on any atom is -0.398 e. The number of rotatable bonds is 3. The average Bonchev–Trinajstić information content (AvgIpc) is 2.30. The van der Waals surface area contributed by atoms with Gasteiger partial charge in [0, 0.05) is 35.9 Å². The summed E-state index contributed by atoms with van der Waals surface area (Å²) in [5, 5.41) is 3.35. The Balaban J connectivity index is 2.09. The highest BCUT2D eigenvalue weighted by atomic mass is 14.9. The highest BCUT2D eigenvalue weighted by Crippen LogP contribution is 2.16. The number of pyridine rings is 1. The number of nitrogens with zero attached hydrogens (tertiary/aromatic N) is 1. The van der Waals surface area contributed by atoms with Gasteiger partial charge in [-0.1, -0.05) is 18.2 Å². The van der Waals surface area contributed by atoms with Crippen LogP contribution in [0, 0.1) is 6.92 Å². The Morgan fingerprint density at radius 1 is 1.25 bits per heavy atom. The maximum atomic E-state index is 5.84. The van der Waals surface area contributed by atoms with E-state index in [1.165, 1.54) is 5.56 Å². The lowest BCUT2D eigenvalue weighted by Gasteiger charge is -2.10. The lowest BCUT2D eigenvalue weighted by Crippen LogP contribution is -2.04. The topological polar surface area (TPSA) is 50.9 Å². The number of hydrogen-bond donors (Lipinski definition) is 2. The average molecular weight is 213 g/mol. The van der Waals surface area contributed by atoms with Crippen molar-refractivity contribution < 1.29 is 0 Å². The van der Waals surface area contributed by atoms with E-state index in [1.54, 1.807) is 12.4 Å². The van der Waals surface area contributed by atoms with Crippen molar-refractivity contribution in [1.82, 2.24) is 4.98 Å². The van der Waals surface area contributed by atoms with E-state index in [0.29, 0.717) is 6.54 Å². The fourth-order valence-corrected chi connectivity index (χ4v) is 1.55. The number of benzene rings is 1. The summed E-state index contributed by atoms with van der Waals surface area (Å²) < 4.78 is 0. The molecule has 82 valence electrons. The molecule has 0 aliphatic rings. The van der Waals surface area contributed by atoms with Crippen LogP contribution in [0.25, 0.3) is 0 Å². The number of nitrogens with one attached hydrogen (secondary N) is 1. The molecule has 3 nitrogen and oxygen atoms in total. The Morgan fingerprint density at radius 3 is 2.81 bits per heavy atom. The van der Waals surface area contributed by atoms with Gasteiger partial charge in [0.05, 0.1) is 0 Å². The van der Waals surface area contributed by atoms with Gasteiger partial charge in [0.15, 0.2) is 0 Å². The van der Waals surface area contributed by atoms with E-state index in [9.17, 15) is 0 Å². The molecule has 0 saturated heterocycles. The van der Waals surface area contributed by atoms with E-state index >= 15 is 0 Å². The molecule has 0 aliphatic carbocycles. The number of anilines is 2. The van der Waals surface area contributed by atoms with Gasteiger partial charge in [-0.05, 0) is 24.6 Å². The van der Waals surface area contributed by atoms with Gasteiger partial charge in [-0.25, -0.2) is 0 Å². The molecule has 0 bridgehead atoms. The van der Waals surface area contributed by atoms with Crippen molar-refractivity contribution in [2.24, 2.45) is 0 Å². The molecule has 0 aliphatic heterocycles. The molecule has 16 heavy (non-hydrogen) atoms. The smallest absolute Gasteiger partial charge is 0.0436 e.